The highest BCUT2D eigenvalue weighted by Crippen LogP contribution is 2.28. The van der Waals surface area contributed by atoms with Crippen molar-refractivity contribution in [3.63, 3.8) is 0 Å². The number of thiophene rings is 1. The molecule has 5 nitrogen and oxygen atoms in total. The lowest BCUT2D eigenvalue weighted by Crippen LogP contribution is -2.37. The minimum absolute atomic E-state index is 0.221. The van der Waals surface area contributed by atoms with Crippen molar-refractivity contribution < 1.29 is 13.2 Å². The van der Waals surface area contributed by atoms with E-state index in [1.165, 1.54) is 9.87 Å². The average Bonchev–Trinajstić information content (AvgIpc) is 3.15. The van der Waals surface area contributed by atoms with Gasteiger partial charge in [-0.1, -0.05) is 36.8 Å². The van der Waals surface area contributed by atoms with Crippen LogP contribution in [0.4, 0.5) is 0 Å². The maximum absolute atomic E-state index is 12.8. The van der Waals surface area contributed by atoms with Gasteiger partial charge in [-0.25, -0.2) is 8.42 Å². The Labute approximate surface area is 165 Å². The molecule has 1 aromatic carbocycles. The minimum atomic E-state index is -3.49. The van der Waals surface area contributed by atoms with E-state index < -0.39 is 10.0 Å². The Hall–Kier alpha value is -1.70. The highest BCUT2D eigenvalue weighted by atomic mass is 32.2. The molecule has 1 amide bonds. The Morgan fingerprint density at radius 1 is 1.15 bits per heavy atom. The second kappa shape index (κ2) is 8.54. The molecule has 1 fully saturated rings. The van der Waals surface area contributed by atoms with Crippen LogP contribution in [0.3, 0.4) is 0 Å². The smallest absolute Gasteiger partial charge is 0.261 e. The van der Waals surface area contributed by atoms with Gasteiger partial charge in [-0.15, -0.1) is 11.3 Å². The molecule has 1 aliphatic rings. The Kier molecular flexibility index (Phi) is 6.34. The maximum atomic E-state index is 12.8. The number of carbonyl (C=O) groups excluding carboxylic acids is 1. The molecule has 1 aromatic heterocycles. The van der Waals surface area contributed by atoms with Gasteiger partial charge in [-0.2, -0.15) is 4.31 Å². The number of rotatable bonds is 6. The van der Waals surface area contributed by atoms with Crippen molar-refractivity contribution in [3.05, 3.63) is 52.4 Å². The number of hydrogen-bond acceptors (Lipinski definition) is 4. The van der Waals surface area contributed by atoms with Crippen molar-refractivity contribution in [2.75, 3.05) is 19.6 Å². The summed E-state index contributed by atoms with van der Waals surface area (Å²) in [5.41, 5.74) is 2.37. The number of carbonyl (C=O) groups is 1. The second-order valence-corrected chi connectivity index (χ2v) is 10.4. The van der Waals surface area contributed by atoms with Crippen LogP contribution >= 0.6 is 11.3 Å². The first-order valence-corrected chi connectivity index (χ1v) is 11.6. The third-order valence-corrected chi connectivity index (χ3v) is 8.41. The summed E-state index contributed by atoms with van der Waals surface area (Å²) in [6, 6.07) is 11.4. The largest absolute Gasteiger partial charge is 0.351 e. The molecule has 0 spiro atoms. The normalized spacial score (nSPS) is 16.4. The van der Waals surface area contributed by atoms with E-state index in [0.29, 0.717) is 30.4 Å². The molecule has 0 atom stereocenters. The number of nitrogens with one attached hydrogen (secondary N) is 1. The zero-order valence-corrected chi connectivity index (χ0v) is 17.4. The summed E-state index contributed by atoms with van der Waals surface area (Å²) in [7, 11) is -3.49. The number of piperidine rings is 1. The predicted molar refractivity (Wildman–Crippen MR) is 109 cm³/mol. The van der Waals surface area contributed by atoms with Crippen molar-refractivity contribution in [3.8, 4) is 0 Å². The highest BCUT2D eigenvalue weighted by molar-refractivity contribution is 7.91. The molecule has 1 saturated heterocycles. The zero-order chi connectivity index (χ0) is 19.4. The molecular weight excluding hydrogens is 380 g/mol. The van der Waals surface area contributed by atoms with E-state index in [4.69, 9.17) is 0 Å². The van der Waals surface area contributed by atoms with Gasteiger partial charge in [0.05, 0.1) is 4.88 Å². The fraction of sp³-hybridized carbons (Fsp3) is 0.450. The predicted octanol–water partition coefficient (Wildman–Crippen LogP) is 3.45. The third-order valence-electron chi connectivity index (χ3n) is 4.96. The molecular formula is C20H26N2O3S2. The lowest BCUT2D eigenvalue weighted by atomic mass is 10.0. The van der Waals surface area contributed by atoms with Gasteiger partial charge >= 0.3 is 0 Å². The van der Waals surface area contributed by atoms with Crippen molar-refractivity contribution in [1.29, 1.82) is 0 Å². The van der Waals surface area contributed by atoms with E-state index >= 15 is 0 Å². The molecule has 0 saturated carbocycles. The number of benzene rings is 1. The number of nitrogens with zero attached hydrogens (tertiary/aromatic N) is 1. The summed E-state index contributed by atoms with van der Waals surface area (Å²) in [4.78, 5) is 12.8. The fourth-order valence-electron chi connectivity index (χ4n) is 3.10. The quantitative estimate of drug-likeness (QED) is 0.799. The Bertz CT molecular complexity index is 880. The lowest BCUT2D eigenvalue weighted by molar-refractivity contribution is 0.0958. The molecule has 0 bridgehead atoms. The van der Waals surface area contributed by atoms with Crippen LogP contribution in [0.1, 0.15) is 40.6 Å². The summed E-state index contributed by atoms with van der Waals surface area (Å²) in [6.07, 6.45) is 2.52. The van der Waals surface area contributed by atoms with Crippen LogP contribution in [0.2, 0.25) is 0 Å². The Morgan fingerprint density at radius 3 is 2.48 bits per heavy atom. The van der Waals surface area contributed by atoms with E-state index in [-0.39, 0.29) is 10.1 Å². The second-order valence-electron chi connectivity index (χ2n) is 7.20. The Balaban J connectivity index is 1.57. The third kappa shape index (κ3) is 4.97. The SMILES string of the molecule is Cc1ccc(CCNC(=O)c2ccc(S(=O)(=O)N3CCC(C)CC3)s2)cc1. The van der Waals surface area contributed by atoms with Crippen LogP contribution in [0, 0.1) is 12.8 Å². The van der Waals surface area contributed by atoms with E-state index in [0.717, 1.165) is 36.2 Å². The van der Waals surface area contributed by atoms with Gasteiger partial charge in [-0.3, -0.25) is 4.79 Å². The number of amides is 1. The van der Waals surface area contributed by atoms with E-state index in [1.54, 1.807) is 12.1 Å². The first-order valence-electron chi connectivity index (χ1n) is 9.30. The van der Waals surface area contributed by atoms with Crippen LogP contribution in [0.15, 0.2) is 40.6 Å². The van der Waals surface area contributed by atoms with Crippen LogP contribution in [0.5, 0.6) is 0 Å². The molecule has 7 heteroatoms. The van der Waals surface area contributed by atoms with Gasteiger partial charge in [-0.05, 0) is 49.8 Å². The molecule has 0 radical (unpaired) electrons. The minimum Gasteiger partial charge on any atom is -0.351 e. The first kappa shape index (κ1) is 20.0. The topological polar surface area (TPSA) is 66.5 Å². The maximum Gasteiger partial charge on any atom is 0.261 e. The summed E-state index contributed by atoms with van der Waals surface area (Å²) in [5, 5.41) is 2.88. The van der Waals surface area contributed by atoms with Crippen molar-refractivity contribution in [2.24, 2.45) is 5.92 Å². The van der Waals surface area contributed by atoms with Crippen LogP contribution in [0.25, 0.3) is 0 Å². The highest BCUT2D eigenvalue weighted by Gasteiger charge is 2.29. The standard InChI is InChI=1S/C20H26N2O3S2/c1-15-3-5-17(6-4-15)9-12-21-20(23)18-7-8-19(26-18)27(24,25)22-13-10-16(2)11-14-22/h3-8,16H,9-14H2,1-2H3,(H,21,23). The van der Waals surface area contributed by atoms with Crippen molar-refractivity contribution in [2.45, 2.75) is 37.3 Å². The van der Waals surface area contributed by atoms with Crippen LogP contribution in [-0.2, 0) is 16.4 Å². The molecule has 0 unspecified atom stereocenters. The molecule has 2 aromatic rings. The van der Waals surface area contributed by atoms with Gasteiger partial charge in [0.2, 0.25) is 0 Å². The number of aryl methyl sites for hydroxylation is 1. The molecule has 0 aliphatic carbocycles. The molecule has 1 aliphatic heterocycles. The monoisotopic (exact) mass is 406 g/mol. The molecule has 1 N–H and O–H groups in total. The lowest BCUT2D eigenvalue weighted by Gasteiger charge is -2.28. The van der Waals surface area contributed by atoms with Gasteiger partial charge in [0.15, 0.2) is 0 Å². The summed E-state index contributed by atoms with van der Waals surface area (Å²) in [5.74, 6) is 0.343. The molecule has 3 rings (SSSR count). The summed E-state index contributed by atoms with van der Waals surface area (Å²) in [6.45, 7) is 5.82. The average molecular weight is 407 g/mol. The zero-order valence-electron chi connectivity index (χ0n) is 15.8. The first-order chi connectivity index (χ1) is 12.9. The number of sulfonamides is 1. The van der Waals surface area contributed by atoms with E-state index in [1.807, 2.05) is 6.92 Å². The molecule has 2 heterocycles. The van der Waals surface area contributed by atoms with Crippen molar-refractivity contribution >= 4 is 27.3 Å². The van der Waals surface area contributed by atoms with Crippen LogP contribution < -0.4 is 5.32 Å². The van der Waals surface area contributed by atoms with Gasteiger partial charge in [0, 0.05) is 19.6 Å². The number of hydrogen-bond donors (Lipinski definition) is 1. The van der Waals surface area contributed by atoms with Gasteiger partial charge in [0.1, 0.15) is 4.21 Å². The van der Waals surface area contributed by atoms with Gasteiger partial charge < -0.3 is 5.32 Å². The Morgan fingerprint density at radius 2 is 1.81 bits per heavy atom. The molecule has 146 valence electrons. The summed E-state index contributed by atoms with van der Waals surface area (Å²) >= 11 is 1.05. The molecule has 27 heavy (non-hydrogen) atoms. The van der Waals surface area contributed by atoms with E-state index in [2.05, 4.69) is 36.5 Å². The van der Waals surface area contributed by atoms with Crippen molar-refractivity contribution in [1.82, 2.24) is 9.62 Å². The summed E-state index contributed by atoms with van der Waals surface area (Å²) < 4.78 is 27.3. The van der Waals surface area contributed by atoms with Crippen LogP contribution in [-0.4, -0.2) is 38.3 Å². The van der Waals surface area contributed by atoms with Gasteiger partial charge in [0.25, 0.3) is 15.9 Å². The fourth-order valence-corrected chi connectivity index (χ4v) is 5.94. The van der Waals surface area contributed by atoms with E-state index in [9.17, 15) is 13.2 Å².